The van der Waals surface area contributed by atoms with Gasteiger partial charge in [-0.1, -0.05) is 0 Å². The molecule has 19 heavy (non-hydrogen) atoms. The second-order valence-electron chi connectivity index (χ2n) is 3.96. The Bertz CT molecular complexity index is 576. The number of esters is 1. The molecule has 4 nitrogen and oxygen atoms in total. The van der Waals surface area contributed by atoms with E-state index in [4.69, 9.17) is 11.1 Å². The van der Waals surface area contributed by atoms with Gasteiger partial charge in [0.15, 0.2) is 0 Å². The number of hydrogen-bond acceptors (Lipinski definition) is 4. The molecule has 0 radical (unpaired) electrons. The lowest BCUT2D eigenvalue weighted by Gasteiger charge is -2.12. The fourth-order valence-corrected chi connectivity index (χ4v) is 1.74. The molecule has 1 aromatic carbocycles. The summed E-state index contributed by atoms with van der Waals surface area (Å²) in [6.45, 7) is 2.92. The number of allylic oxidation sites excluding steroid dienone is 2. The van der Waals surface area contributed by atoms with Crippen LogP contribution in [0.5, 0.6) is 0 Å². The van der Waals surface area contributed by atoms with E-state index in [0.29, 0.717) is 0 Å². The van der Waals surface area contributed by atoms with Crippen LogP contribution in [0.4, 0.5) is 8.78 Å². The summed E-state index contributed by atoms with van der Waals surface area (Å²) >= 11 is 0. The highest BCUT2D eigenvalue weighted by molar-refractivity contribution is 6.22. The molecule has 0 unspecified atom stereocenters. The third-order valence-corrected chi connectivity index (χ3v) is 2.52. The van der Waals surface area contributed by atoms with Crippen LogP contribution in [0.2, 0.25) is 0 Å². The van der Waals surface area contributed by atoms with E-state index < -0.39 is 23.2 Å². The van der Waals surface area contributed by atoms with Crippen molar-refractivity contribution in [2.75, 3.05) is 7.11 Å². The molecular formula is C13H14F2N2O2. The average Bonchev–Trinajstić information content (AvgIpc) is 2.31. The first-order chi connectivity index (χ1) is 8.81. The minimum absolute atomic E-state index is 0.0151. The number of benzene rings is 1. The van der Waals surface area contributed by atoms with E-state index >= 15 is 0 Å². The van der Waals surface area contributed by atoms with Gasteiger partial charge < -0.3 is 15.9 Å². The Labute approximate surface area is 109 Å². The fourth-order valence-electron chi connectivity index (χ4n) is 1.74. The summed E-state index contributed by atoms with van der Waals surface area (Å²) in [4.78, 5) is 11.4. The Balaban J connectivity index is 3.61. The molecule has 0 aliphatic carbocycles. The minimum atomic E-state index is -1.12. The molecule has 0 spiro atoms. The number of nitrogens with two attached hydrogens (primary N) is 1. The summed E-state index contributed by atoms with van der Waals surface area (Å²) in [5.41, 5.74) is 5.05. The molecule has 0 heterocycles. The number of ether oxygens (including phenoxy) is 1. The molecule has 0 atom stereocenters. The van der Waals surface area contributed by atoms with Crippen LogP contribution >= 0.6 is 0 Å². The Morgan fingerprint density at radius 3 is 2.32 bits per heavy atom. The maximum Gasteiger partial charge on any atom is 0.343 e. The lowest BCUT2D eigenvalue weighted by Crippen LogP contribution is -2.13. The third kappa shape index (κ3) is 2.78. The maximum absolute atomic E-state index is 14.2. The van der Waals surface area contributed by atoms with Crippen LogP contribution in [0.15, 0.2) is 17.8 Å². The predicted molar refractivity (Wildman–Crippen MR) is 67.9 cm³/mol. The molecule has 0 aromatic heterocycles. The SMILES string of the molecule is COC(=O)c1c(F)ccc(/C(C(C)=N)=C(\C)N)c1F. The van der Waals surface area contributed by atoms with E-state index in [0.717, 1.165) is 19.2 Å². The molecule has 0 bridgehead atoms. The summed E-state index contributed by atoms with van der Waals surface area (Å²) in [6.07, 6.45) is 0. The van der Waals surface area contributed by atoms with E-state index in [1.165, 1.54) is 13.8 Å². The summed E-state index contributed by atoms with van der Waals surface area (Å²) in [5, 5.41) is 7.58. The largest absolute Gasteiger partial charge is 0.465 e. The number of carbonyl (C=O) groups excluding carboxylic acids is 1. The normalized spacial score (nSPS) is 11.8. The van der Waals surface area contributed by atoms with Crippen molar-refractivity contribution in [3.05, 3.63) is 40.6 Å². The zero-order chi connectivity index (χ0) is 14.7. The number of carbonyl (C=O) groups is 1. The average molecular weight is 268 g/mol. The van der Waals surface area contributed by atoms with Crippen molar-refractivity contribution in [2.45, 2.75) is 13.8 Å². The molecule has 0 saturated carbocycles. The first-order valence-electron chi connectivity index (χ1n) is 5.39. The van der Waals surface area contributed by atoms with Crippen molar-refractivity contribution in [3.63, 3.8) is 0 Å². The Morgan fingerprint density at radius 1 is 1.32 bits per heavy atom. The number of rotatable bonds is 3. The summed E-state index contributed by atoms with van der Waals surface area (Å²) in [7, 11) is 1.03. The highest BCUT2D eigenvalue weighted by atomic mass is 19.1. The second-order valence-corrected chi connectivity index (χ2v) is 3.96. The van der Waals surface area contributed by atoms with Crippen LogP contribution in [0.3, 0.4) is 0 Å². The van der Waals surface area contributed by atoms with Crippen molar-refractivity contribution in [2.24, 2.45) is 5.73 Å². The topological polar surface area (TPSA) is 76.2 Å². The maximum atomic E-state index is 14.2. The van der Waals surface area contributed by atoms with Crippen LogP contribution in [0.25, 0.3) is 5.57 Å². The quantitative estimate of drug-likeness (QED) is 0.653. The van der Waals surface area contributed by atoms with Gasteiger partial charge in [0.05, 0.1) is 7.11 Å². The van der Waals surface area contributed by atoms with Crippen LogP contribution in [0.1, 0.15) is 29.8 Å². The van der Waals surface area contributed by atoms with Crippen molar-refractivity contribution < 1.29 is 18.3 Å². The minimum Gasteiger partial charge on any atom is -0.465 e. The molecule has 1 rings (SSSR count). The zero-order valence-electron chi connectivity index (χ0n) is 10.8. The monoisotopic (exact) mass is 268 g/mol. The first-order valence-corrected chi connectivity index (χ1v) is 5.39. The van der Waals surface area contributed by atoms with Gasteiger partial charge >= 0.3 is 5.97 Å². The number of hydrogen-bond donors (Lipinski definition) is 2. The molecule has 0 fully saturated rings. The first kappa shape index (κ1) is 14.8. The van der Waals surface area contributed by atoms with Gasteiger partial charge in [0.25, 0.3) is 0 Å². The van der Waals surface area contributed by atoms with Gasteiger partial charge in [0, 0.05) is 22.5 Å². The van der Waals surface area contributed by atoms with E-state index in [9.17, 15) is 13.6 Å². The molecule has 0 amide bonds. The predicted octanol–water partition coefficient (Wildman–Crippen LogP) is 2.48. The molecule has 0 aliphatic rings. The van der Waals surface area contributed by atoms with Crippen molar-refractivity contribution in [1.29, 1.82) is 5.41 Å². The van der Waals surface area contributed by atoms with E-state index in [2.05, 4.69) is 4.74 Å². The van der Waals surface area contributed by atoms with E-state index in [1.54, 1.807) is 0 Å². The second kappa shape index (κ2) is 5.60. The van der Waals surface area contributed by atoms with Gasteiger partial charge in [0.2, 0.25) is 0 Å². The van der Waals surface area contributed by atoms with Crippen LogP contribution < -0.4 is 5.73 Å². The van der Waals surface area contributed by atoms with Gasteiger partial charge in [-0.2, -0.15) is 0 Å². The van der Waals surface area contributed by atoms with Crippen molar-refractivity contribution in [3.8, 4) is 0 Å². The van der Waals surface area contributed by atoms with E-state index in [-0.39, 0.29) is 22.5 Å². The van der Waals surface area contributed by atoms with E-state index in [1.807, 2.05) is 0 Å². The van der Waals surface area contributed by atoms with Crippen LogP contribution in [-0.4, -0.2) is 18.8 Å². The smallest absolute Gasteiger partial charge is 0.343 e. The Morgan fingerprint density at radius 2 is 1.89 bits per heavy atom. The highest BCUT2D eigenvalue weighted by Gasteiger charge is 2.23. The van der Waals surface area contributed by atoms with Crippen LogP contribution in [-0.2, 0) is 4.74 Å². The van der Waals surface area contributed by atoms with Crippen LogP contribution in [0, 0.1) is 17.0 Å². The molecule has 1 aromatic rings. The Kier molecular flexibility index (Phi) is 4.37. The zero-order valence-corrected chi connectivity index (χ0v) is 10.8. The van der Waals surface area contributed by atoms with Gasteiger partial charge in [0.1, 0.15) is 17.2 Å². The lowest BCUT2D eigenvalue weighted by molar-refractivity contribution is 0.0589. The molecular weight excluding hydrogens is 254 g/mol. The van der Waals surface area contributed by atoms with Gasteiger partial charge in [-0.05, 0) is 26.0 Å². The molecule has 0 saturated heterocycles. The number of halogens is 2. The molecule has 6 heteroatoms. The lowest BCUT2D eigenvalue weighted by atomic mass is 9.97. The summed E-state index contributed by atoms with van der Waals surface area (Å²) in [6, 6.07) is 2.08. The number of methoxy groups -OCH3 is 1. The third-order valence-electron chi connectivity index (χ3n) is 2.52. The summed E-state index contributed by atoms with van der Waals surface area (Å²) in [5.74, 6) is -3.23. The van der Waals surface area contributed by atoms with Crippen molar-refractivity contribution in [1.82, 2.24) is 0 Å². The van der Waals surface area contributed by atoms with Crippen molar-refractivity contribution >= 4 is 17.3 Å². The molecule has 0 aliphatic heterocycles. The van der Waals surface area contributed by atoms with Gasteiger partial charge in [-0.15, -0.1) is 0 Å². The standard InChI is InChI=1S/C13H14F2N2O2/c1-6(16)10(7(2)17)8-4-5-9(14)11(12(8)15)13(18)19-3/h4-5,16H,17H2,1-3H3/b10-7+,16-6?. The summed E-state index contributed by atoms with van der Waals surface area (Å²) < 4.78 is 32.0. The molecule has 102 valence electrons. The highest BCUT2D eigenvalue weighted by Crippen LogP contribution is 2.25. The molecule has 3 N–H and O–H groups in total. The number of nitrogens with one attached hydrogen (secondary N) is 1. The fraction of sp³-hybridized carbons (Fsp3) is 0.231. The Hall–Kier alpha value is -2.24. The van der Waals surface area contributed by atoms with Gasteiger partial charge in [-0.25, -0.2) is 13.6 Å². The van der Waals surface area contributed by atoms with Gasteiger partial charge in [-0.3, -0.25) is 0 Å².